The summed E-state index contributed by atoms with van der Waals surface area (Å²) in [6, 6.07) is 8.10. The zero-order valence-corrected chi connectivity index (χ0v) is 11.5. The van der Waals surface area contributed by atoms with Gasteiger partial charge in [-0.25, -0.2) is 0 Å². The third-order valence-corrected chi connectivity index (χ3v) is 3.96. The van der Waals surface area contributed by atoms with Crippen LogP contribution in [0.3, 0.4) is 0 Å². The molecule has 0 bridgehead atoms. The fraction of sp³-hybridized carbons (Fsp3) is 0.562. The summed E-state index contributed by atoms with van der Waals surface area (Å²) in [5.74, 6) is 1.10. The zero-order valence-electron chi connectivity index (χ0n) is 11.5. The Balaban J connectivity index is 2.03. The molecule has 1 fully saturated rings. The first-order chi connectivity index (χ1) is 8.74. The maximum Gasteiger partial charge on any atom is 0.162 e. The van der Waals surface area contributed by atoms with Crippen molar-refractivity contribution in [2.45, 2.75) is 39.5 Å². The van der Waals surface area contributed by atoms with Crippen molar-refractivity contribution in [3.05, 3.63) is 29.8 Å². The van der Waals surface area contributed by atoms with Gasteiger partial charge in [0.1, 0.15) is 0 Å². The van der Waals surface area contributed by atoms with Gasteiger partial charge in [0.05, 0.1) is 0 Å². The molecule has 1 aliphatic rings. The minimum atomic E-state index is 0.226. The molecule has 0 spiro atoms. The van der Waals surface area contributed by atoms with E-state index in [4.69, 9.17) is 0 Å². The molecule has 1 aromatic carbocycles. The van der Waals surface area contributed by atoms with Crippen molar-refractivity contribution in [3.63, 3.8) is 0 Å². The number of hydrogen-bond donors (Lipinski definition) is 0. The van der Waals surface area contributed by atoms with Crippen molar-refractivity contribution in [2.24, 2.45) is 5.92 Å². The monoisotopic (exact) mass is 245 g/mol. The molecule has 98 valence electrons. The maximum atomic E-state index is 11.6. The van der Waals surface area contributed by atoms with Gasteiger partial charge in [-0.3, -0.25) is 4.79 Å². The van der Waals surface area contributed by atoms with E-state index in [1.54, 1.807) is 0 Å². The molecule has 2 nitrogen and oxygen atoms in total. The molecule has 1 aromatic rings. The lowest BCUT2D eigenvalue weighted by molar-refractivity contribution is 0.0988. The van der Waals surface area contributed by atoms with E-state index in [0.717, 1.165) is 24.6 Å². The van der Waals surface area contributed by atoms with E-state index >= 15 is 0 Å². The summed E-state index contributed by atoms with van der Waals surface area (Å²) in [5, 5.41) is 0. The van der Waals surface area contributed by atoms with Crippen LogP contribution in [0.1, 0.15) is 49.9 Å². The molecule has 0 saturated heterocycles. The zero-order chi connectivity index (χ0) is 13.0. The van der Waals surface area contributed by atoms with Gasteiger partial charge in [-0.05, 0) is 49.9 Å². The molecule has 0 N–H and O–H groups in total. The van der Waals surface area contributed by atoms with Gasteiger partial charge in [0.15, 0.2) is 5.78 Å². The Morgan fingerprint density at radius 2 is 1.89 bits per heavy atom. The number of carbonyl (C=O) groups excluding carboxylic acids is 1. The number of Topliss-reactive ketones (excluding diaryl/α,β-unsaturated/α-hetero) is 1. The SMILES string of the molecule is CCC(=O)c1ccc(N(CC)CC2CCC2)cc1. The summed E-state index contributed by atoms with van der Waals surface area (Å²) in [4.78, 5) is 14.0. The Bertz CT molecular complexity index is 392. The first-order valence-corrected chi connectivity index (χ1v) is 7.12. The van der Waals surface area contributed by atoms with Crippen molar-refractivity contribution in [2.75, 3.05) is 18.0 Å². The third kappa shape index (κ3) is 2.92. The second-order valence-electron chi connectivity index (χ2n) is 5.16. The average molecular weight is 245 g/mol. The van der Waals surface area contributed by atoms with Crippen LogP contribution < -0.4 is 4.90 Å². The lowest BCUT2D eigenvalue weighted by Gasteiger charge is -2.33. The Kier molecular flexibility index (Phi) is 4.40. The second-order valence-corrected chi connectivity index (χ2v) is 5.16. The van der Waals surface area contributed by atoms with Crippen LogP contribution in [0.2, 0.25) is 0 Å². The molecule has 0 radical (unpaired) electrons. The molecule has 2 rings (SSSR count). The van der Waals surface area contributed by atoms with E-state index in [-0.39, 0.29) is 5.78 Å². The van der Waals surface area contributed by atoms with Crippen molar-refractivity contribution in [3.8, 4) is 0 Å². The van der Waals surface area contributed by atoms with Crippen LogP contribution in [0.15, 0.2) is 24.3 Å². The van der Waals surface area contributed by atoms with E-state index < -0.39 is 0 Å². The maximum absolute atomic E-state index is 11.6. The van der Waals surface area contributed by atoms with E-state index in [2.05, 4.69) is 24.0 Å². The van der Waals surface area contributed by atoms with Crippen molar-refractivity contribution >= 4 is 11.5 Å². The van der Waals surface area contributed by atoms with Crippen LogP contribution in [-0.4, -0.2) is 18.9 Å². The highest BCUT2D eigenvalue weighted by molar-refractivity contribution is 5.96. The average Bonchev–Trinajstić information content (AvgIpc) is 2.37. The summed E-state index contributed by atoms with van der Waals surface area (Å²) >= 11 is 0. The number of nitrogens with zero attached hydrogens (tertiary/aromatic N) is 1. The van der Waals surface area contributed by atoms with Crippen LogP contribution in [0.4, 0.5) is 5.69 Å². The Morgan fingerprint density at radius 1 is 1.22 bits per heavy atom. The largest absolute Gasteiger partial charge is 0.372 e. The van der Waals surface area contributed by atoms with E-state index in [1.807, 2.05) is 19.1 Å². The van der Waals surface area contributed by atoms with Crippen LogP contribution >= 0.6 is 0 Å². The van der Waals surface area contributed by atoms with Crippen molar-refractivity contribution in [1.82, 2.24) is 0 Å². The molecular weight excluding hydrogens is 222 g/mol. The van der Waals surface area contributed by atoms with Gasteiger partial charge >= 0.3 is 0 Å². The van der Waals surface area contributed by atoms with Crippen LogP contribution in [0.5, 0.6) is 0 Å². The summed E-state index contributed by atoms with van der Waals surface area (Å²) in [5.41, 5.74) is 2.08. The standard InChI is InChI=1S/C16H23NO/c1-3-16(18)14-8-10-15(11-9-14)17(4-2)12-13-6-5-7-13/h8-11,13H,3-7,12H2,1-2H3. The minimum absolute atomic E-state index is 0.226. The van der Waals surface area contributed by atoms with Crippen LogP contribution in [0.25, 0.3) is 0 Å². The summed E-state index contributed by atoms with van der Waals surface area (Å²) < 4.78 is 0. The Labute approximate surface area is 110 Å². The number of hydrogen-bond acceptors (Lipinski definition) is 2. The molecule has 0 atom stereocenters. The second kappa shape index (κ2) is 6.03. The topological polar surface area (TPSA) is 20.3 Å². The Morgan fingerprint density at radius 3 is 2.33 bits per heavy atom. The van der Waals surface area contributed by atoms with Gasteiger partial charge in [0.2, 0.25) is 0 Å². The van der Waals surface area contributed by atoms with Crippen molar-refractivity contribution < 1.29 is 4.79 Å². The van der Waals surface area contributed by atoms with Crippen LogP contribution in [0, 0.1) is 5.92 Å². The normalized spacial score (nSPS) is 15.2. The highest BCUT2D eigenvalue weighted by atomic mass is 16.1. The number of anilines is 1. The molecule has 2 heteroatoms. The van der Waals surface area contributed by atoms with Gasteiger partial charge in [0, 0.05) is 30.8 Å². The van der Waals surface area contributed by atoms with Gasteiger partial charge in [-0.1, -0.05) is 13.3 Å². The molecule has 1 saturated carbocycles. The number of ketones is 1. The summed E-state index contributed by atoms with van der Waals surface area (Å²) in [6.07, 6.45) is 4.73. The molecule has 0 heterocycles. The van der Waals surface area contributed by atoms with E-state index in [0.29, 0.717) is 6.42 Å². The van der Waals surface area contributed by atoms with Crippen LogP contribution in [-0.2, 0) is 0 Å². The van der Waals surface area contributed by atoms with Gasteiger partial charge < -0.3 is 4.90 Å². The quantitative estimate of drug-likeness (QED) is 0.708. The molecule has 0 unspecified atom stereocenters. The molecular formula is C16H23NO. The fourth-order valence-corrected chi connectivity index (χ4v) is 2.47. The van der Waals surface area contributed by atoms with E-state index in [1.165, 1.54) is 24.9 Å². The van der Waals surface area contributed by atoms with Gasteiger partial charge in [-0.15, -0.1) is 0 Å². The van der Waals surface area contributed by atoms with Gasteiger partial charge in [-0.2, -0.15) is 0 Å². The first-order valence-electron chi connectivity index (χ1n) is 7.12. The Hall–Kier alpha value is -1.31. The third-order valence-electron chi connectivity index (χ3n) is 3.96. The van der Waals surface area contributed by atoms with E-state index in [9.17, 15) is 4.79 Å². The molecule has 0 amide bonds. The first kappa shape index (κ1) is 13.1. The fourth-order valence-electron chi connectivity index (χ4n) is 2.47. The molecule has 18 heavy (non-hydrogen) atoms. The highest BCUT2D eigenvalue weighted by Gasteiger charge is 2.20. The summed E-state index contributed by atoms with van der Waals surface area (Å²) in [6.45, 7) is 6.31. The smallest absolute Gasteiger partial charge is 0.162 e. The van der Waals surface area contributed by atoms with Gasteiger partial charge in [0.25, 0.3) is 0 Å². The lowest BCUT2D eigenvalue weighted by Crippen LogP contribution is -2.32. The predicted molar refractivity (Wildman–Crippen MR) is 76.3 cm³/mol. The highest BCUT2D eigenvalue weighted by Crippen LogP contribution is 2.29. The molecule has 1 aliphatic carbocycles. The lowest BCUT2D eigenvalue weighted by atomic mass is 9.85. The van der Waals surface area contributed by atoms with Crippen molar-refractivity contribution in [1.29, 1.82) is 0 Å². The molecule has 0 aromatic heterocycles. The minimum Gasteiger partial charge on any atom is -0.372 e. The molecule has 0 aliphatic heterocycles. The number of benzene rings is 1. The number of rotatable bonds is 6. The predicted octanol–water partition coefficient (Wildman–Crippen LogP) is 3.91. The number of carbonyl (C=O) groups is 1. The summed E-state index contributed by atoms with van der Waals surface area (Å²) in [7, 11) is 0.